The number of nitrogens with one attached hydrogen (secondary N) is 1. The number of para-hydroxylation sites is 1. The molecule has 3 rings (SSSR count). The maximum Gasteiger partial charge on any atom is 0.261 e. The van der Waals surface area contributed by atoms with E-state index in [0.29, 0.717) is 26.3 Å². The summed E-state index contributed by atoms with van der Waals surface area (Å²) >= 11 is 11.7. The van der Waals surface area contributed by atoms with Gasteiger partial charge in [-0.25, -0.2) is 8.42 Å². The second kappa shape index (κ2) is 7.84. The van der Waals surface area contributed by atoms with Crippen LogP contribution in [0.2, 0.25) is 10.0 Å². The molecule has 1 amide bonds. The zero-order valence-electron chi connectivity index (χ0n) is 13.6. The van der Waals surface area contributed by atoms with Crippen molar-refractivity contribution in [3.05, 3.63) is 58.1 Å². The Morgan fingerprint density at radius 3 is 2.42 bits per heavy atom. The fourth-order valence-corrected chi connectivity index (χ4v) is 4.01. The number of carbonyl (C=O) groups excluding carboxylic acids is 1. The molecule has 2 aromatic carbocycles. The highest BCUT2D eigenvalue weighted by Gasteiger charge is 2.23. The summed E-state index contributed by atoms with van der Waals surface area (Å²) in [5.41, 5.74) is 0.480. The number of morpholine rings is 1. The van der Waals surface area contributed by atoms with E-state index in [1.54, 1.807) is 29.2 Å². The van der Waals surface area contributed by atoms with Crippen LogP contribution >= 0.6 is 23.2 Å². The van der Waals surface area contributed by atoms with Crippen molar-refractivity contribution in [2.75, 3.05) is 31.0 Å². The van der Waals surface area contributed by atoms with Gasteiger partial charge in [-0.1, -0.05) is 35.3 Å². The van der Waals surface area contributed by atoms with Crippen molar-refractivity contribution in [2.24, 2.45) is 0 Å². The predicted molar refractivity (Wildman–Crippen MR) is 100 cm³/mol. The number of anilines is 1. The lowest BCUT2D eigenvalue weighted by Crippen LogP contribution is -2.41. The Hall–Kier alpha value is -1.80. The average molecular weight is 415 g/mol. The lowest BCUT2D eigenvalue weighted by molar-refractivity contribution is 0.0303. The Bertz CT molecular complexity index is 928. The third-order valence-corrected chi connectivity index (χ3v) is 6.00. The molecule has 1 aliphatic heterocycles. The predicted octanol–water partition coefficient (Wildman–Crippen LogP) is 3.27. The first-order chi connectivity index (χ1) is 12.4. The molecule has 0 atom stereocenters. The van der Waals surface area contributed by atoms with Crippen molar-refractivity contribution < 1.29 is 17.9 Å². The van der Waals surface area contributed by atoms with Crippen LogP contribution in [0.25, 0.3) is 0 Å². The lowest BCUT2D eigenvalue weighted by Gasteiger charge is -2.27. The smallest absolute Gasteiger partial charge is 0.261 e. The van der Waals surface area contributed by atoms with E-state index in [9.17, 15) is 13.2 Å². The molecule has 0 aliphatic carbocycles. The maximum absolute atomic E-state index is 12.7. The van der Waals surface area contributed by atoms with Gasteiger partial charge in [-0.3, -0.25) is 9.52 Å². The fourth-order valence-electron chi connectivity index (χ4n) is 2.54. The molecule has 138 valence electrons. The zero-order valence-corrected chi connectivity index (χ0v) is 15.9. The quantitative estimate of drug-likeness (QED) is 0.832. The molecule has 1 fully saturated rings. The standard InChI is InChI=1S/C17H16Cl2N2O4S/c18-14-6-5-12(11-15(14)19)26(23,24)20-16-4-2-1-3-13(16)17(22)21-7-9-25-10-8-21/h1-6,11,20H,7-10H2. The summed E-state index contributed by atoms with van der Waals surface area (Å²) in [5, 5.41) is 0.390. The normalized spacial score (nSPS) is 14.9. The van der Waals surface area contributed by atoms with Gasteiger partial charge in [0, 0.05) is 13.1 Å². The topological polar surface area (TPSA) is 75.7 Å². The highest BCUT2D eigenvalue weighted by atomic mass is 35.5. The SMILES string of the molecule is O=C(c1ccccc1NS(=O)(=O)c1ccc(Cl)c(Cl)c1)N1CCOCC1. The Morgan fingerprint density at radius 2 is 1.73 bits per heavy atom. The number of amides is 1. The molecule has 9 heteroatoms. The largest absolute Gasteiger partial charge is 0.378 e. The third-order valence-electron chi connectivity index (χ3n) is 3.90. The van der Waals surface area contributed by atoms with Crippen LogP contribution in [-0.2, 0) is 14.8 Å². The van der Waals surface area contributed by atoms with Gasteiger partial charge in [0.15, 0.2) is 0 Å². The van der Waals surface area contributed by atoms with Crippen LogP contribution in [0.5, 0.6) is 0 Å². The monoisotopic (exact) mass is 414 g/mol. The molecule has 0 bridgehead atoms. The number of halogens is 2. The van der Waals surface area contributed by atoms with Gasteiger partial charge in [-0.2, -0.15) is 0 Å². The number of sulfonamides is 1. The van der Waals surface area contributed by atoms with Gasteiger partial charge < -0.3 is 9.64 Å². The Balaban J connectivity index is 1.90. The molecule has 0 saturated carbocycles. The van der Waals surface area contributed by atoms with Gasteiger partial charge in [0.2, 0.25) is 0 Å². The van der Waals surface area contributed by atoms with E-state index >= 15 is 0 Å². The first-order valence-corrected chi connectivity index (χ1v) is 10.1. The molecular weight excluding hydrogens is 399 g/mol. The molecular formula is C17H16Cl2N2O4S. The molecule has 1 heterocycles. The Kier molecular flexibility index (Phi) is 5.72. The fraction of sp³-hybridized carbons (Fsp3) is 0.235. The summed E-state index contributed by atoms with van der Waals surface area (Å²) in [6.45, 7) is 1.85. The van der Waals surface area contributed by atoms with Crippen molar-refractivity contribution in [1.82, 2.24) is 4.90 Å². The average Bonchev–Trinajstić information content (AvgIpc) is 2.64. The molecule has 26 heavy (non-hydrogen) atoms. The lowest BCUT2D eigenvalue weighted by atomic mass is 10.1. The van der Waals surface area contributed by atoms with Crippen molar-refractivity contribution in [2.45, 2.75) is 4.90 Å². The molecule has 1 saturated heterocycles. The number of hydrogen-bond donors (Lipinski definition) is 1. The Morgan fingerprint density at radius 1 is 1.04 bits per heavy atom. The number of nitrogens with zero attached hydrogens (tertiary/aromatic N) is 1. The molecule has 6 nitrogen and oxygen atoms in total. The second-order valence-electron chi connectivity index (χ2n) is 5.63. The highest BCUT2D eigenvalue weighted by molar-refractivity contribution is 7.92. The van der Waals surface area contributed by atoms with Crippen LogP contribution in [0.1, 0.15) is 10.4 Å². The van der Waals surface area contributed by atoms with Crippen molar-refractivity contribution >= 4 is 44.8 Å². The number of ether oxygens (including phenoxy) is 1. The molecule has 0 aromatic heterocycles. The minimum atomic E-state index is -3.93. The van der Waals surface area contributed by atoms with Crippen molar-refractivity contribution in [1.29, 1.82) is 0 Å². The van der Waals surface area contributed by atoms with Crippen LogP contribution in [0.4, 0.5) is 5.69 Å². The molecule has 1 N–H and O–H groups in total. The summed E-state index contributed by atoms with van der Waals surface area (Å²) in [6.07, 6.45) is 0. The molecule has 0 radical (unpaired) electrons. The minimum absolute atomic E-state index is 0.0412. The van der Waals surface area contributed by atoms with E-state index in [1.807, 2.05) is 0 Å². The van der Waals surface area contributed by atoms with E-state index < -0.39 is 10.0 Å². The number of benzene rings is 2. The van der Waals surface area contributed by atoms with Gasteiger partial charge in [-0.05, 0) is 30.3 Å². The van der Waals surface area contributed by atoms with Crippen LogP contribution in [0, 0.1) is 0 Å². The summed E-state index contributed by atoms with van der Waals surface area (Å²) in [5.74, 6) is -0.249. The number of carbonyl (C=O) groups is 1. The summed E-state index contributed by atoms with van der Waals surface area (Å²) in [6, 6.07) is 10.5. The summed E-state index contributed by atoms with van der Waals surface area (Å²) in [7, 11) is -3.93. The van der Waals surface area contributed by atoms with Crippen LogP contribution < -0.4 is 4.72 Å². The molecule has 0 spiro atoms. The maximum atomic E-state index is 12.7. The van der Waals surface area contributed by atoms with Gasteiger partial charge in [0.05, 0.1) is 39.4 Å². The van der Waals surface area contributed by atoms with Crippen LogP contribution in [0.3, 0.4) is 0 Å². The summed E-state index contributed by atoms with van der Waals surface area (Å²) < 4.78 is 33.0. The Labute approximate surface area is 161 Å². The first kappa shape index (κ1) is 19.0. The van der Waals surface area contributed by atoms with Crippen LogP contribution in [-0.4, -0.2) is 45.5 Å². The zero-order chi connectivity index (χ0) is 18.7. The van der Waals surface area contributed by atoms with Crippen molar-refractivity contribution in [3.8, 4) is 0 Å². The van der Waals surface area contributed by atoms with E-state index in [-0.39, 0.29) is 32.1 Å². The van der Waals surface area contributed by atoms with E-state index in [1.165, 1.54) is 18.2 Å². The highest BCUT2D eigenvalue weighted by Crippen LogP contribution is 2.27. The van der Waals surface area contributed by atoms with Gasteiger partial charge in [0.1, 0.15) is 0 Å². The van der Waals surface area contributed by atoms with Crippen molar-refractivity contribution in [3.63, 3.8) is 0 Å². The number of rotatable bonds is 4. The van der Waals surface area contributed by atoms with Crippen LogP contribution in [0.15, 0.2) is 47.4 Å². The van der Waals surface area contributed by atoms with E-state index in [0.717, 1.165) is 0 Å². The van der Waals surface area contributed by atoms with E-state index in [2.05, 4.69) is 4.72 Å². The van der Waals surface area contributed by atoms with E-state index in [4.69, 9.17) is 27.9 Å². The minimum Gasteiger partial charge on any atom is -0.378 e. The third kappa shape index (κ3) is 4.12. The second-order valence-corrected chi connectivity index (χ2v) is 8.13. The van der Waals surface area contributed by atoms with Gasteiger partial charge in [0.25, 0.3) is 15.9 Å². The summed E-state index contributed by atoms with van der Waals surface area (Å²) in [4.78, 5) is 14.3. The number of hydrogen-bond acceptors (Lipinski definition) is 4. The molecule has 2 aromatic rings. The van der Waals surface area contributed by atoms with Gasteiger partial charge in [-0.15, -0.1) is 0 Å². The molecule has 1 aliphatic rings. The molecule has 0 unspecified atom stereocenters. The van der Waals surface area contributed by atoms with Gasteiger partial charge >= 0.3 is 0 Å². The first-order valence-electron chi connectivity index (χ1n) is 7.82.